The van der Waals surface area contributed by atoms with Gasteiger partial charge in [-0.05, 0) is 25.0 Å². The van der Waals surface area contributed by atoms with Crippen LogP contribution in [0, 0.1) is 0 Å². The van der Waals surface area contributed by atoms with E-state index < -0.39 is 5.97 Å². The van der Waals surface area contributed by atoms with Crippen molar-refractivity contribution in [2.75, 3.05) is 12.4 Å². The molecule has 0 aliphatic heterocycles. The molecular formula is C20H38O3S. The number of hydrogen-bond donors (Lipinski definition) is 2. The predicted molar refractivity (Wildman–Crippen MR) is 106 cm³/mol. The van der Waals surface area contributed by atoms with Crippen molar-refractivity contribution in [3.63, 3.8) is 0 Å². The van der Waals surface area contributed by atoms with Crippen molar-refractivity contribution >= 4 is 17.7 Å². The SMILES string of the molecule is CCCCCCCCCCCC/C=C\C(CO)SCCCC(=O)O. The summed E-state index contributed by atoms with van der Waals surface area (Å²) in [5.74, 6) is 0.0489. The molecule has 0 radical (unpaired) electrons. The maximum absolute atomic E-state index is 10.4. The summed E-state index contributed by atoms with van der Waals surface area (Å²) >= 11 is 1.65. The zero-order valence-corrected chi connectivity index (χ0v) is 16.4. The van der Waals surface area contributed by atoms with E-state index in [0.717, 1.165) is 12.2 Å². The molecule has 24 heavy (non-hydrogen) atoms. The Hall–Kier alpha value is -0.480. The molecule has 1 atom stereocenters. The topological polar surface area (TPSA) is 57.5 Å². The Morgan fingerprint density at radius 1 is 0.958 bits per heavy atom. The van der Waals surface area contributed by atoms with Crippen molar-refractivity contribution in [2.45, 2.75) is 95.6 Å². The lowest BCUT2D eigenvalue weighted by Gasteiger charge is -2.08. The molecule has 0 fully saturated rings. The summed E-state index contributed by atoms with van der Waals surface area (Å²) in [6.45, 7) is 2.39. The molecule has 142 valence electrons. The average molecular weight is 359 g/mol. The first-order valence-electron chi connectivity index (χ1n) is 9.81. The highest BCUT2D eigenvalue weighted by Crippen LogP contribution is 2.15. The van der Waals surface area contributed by atoms with Crippen molar-refractivity contribution in [1.29, 1.82) is 0 Å². The Kier molecular flexibility index (Phi) is 18.5. The number of allylic oxidation sites excluding steroid dienone is 1. The van der Waals surface area contributed by atoms with Gasteiger partial charge in [-0.2, -0.15) is 11.8 Å². The second-order valence-corrected chi connectivity index (χ2v) is 7.83. The van der Waals surface area contributed by atoms with E-state index in [0.29, 0.717) is 6.42 Å². The average Bonchev–Trinajstić information content (AvgIpc) is 2.57. The molecule has 4 heteroatoms. The van der Waals surface area contributed by atoms with Gasteiger partial charge >= 0.3 is 5.97 Å². The highest BCUT2D eigenvalue weighted by molar-refractivity contribution is 8.00. The normalized spacial score (nSPS) is 12.8. The van der Waals surface area contributed by atoms with Crippen molar-refractivity contribution < 1.29 is 15.0 Å². The largest absolute Gasteiger partial charge is 0.481 e. The van der Waals surface area contributed by atoms with Crippen LogP contribution in [0.5, 0.6) is 0 Å². The molecule has 0 rings (SSSR count). The van der Waals surface area contributed by atoms with Crippen LogP contribution in [-0.2, 0) is 4.79 Å². The highest BCUT2D eigenvalue weighted by atomic mass is 32.2. The molecular weight excluding hydrogens is 320 g/mol. The standard InChI is InChI=1S/C20H38O3S/c1-2-3-4-5-6-7-8-9-10-11-12-13-15-19(18-21)24-17-14-16-20(22)23/h13,15,19,21H,2-12,14,16-18H2,1H3,(H,22,23)/b15-13-. The Labute approximate surface area is 153 Å². The van der Waals surface area contributed by atoms with E-state index in [1.807, 2.05) is 0 Å². The number of hydrogen-bond acceptors (Lipinski definition) is 3. The van der Waals surface area contributed by atoms with Crippen LogP contribution in [0.4, 0.5) is 0 Å². The van der Waals surface area contributed by atoms with Crippen molar-refractivity contribution in [3.05, 3.63) is 12.2 Å². The number of thioether (sulfide) groups is 1. The van der Waals surface area contributed by atoms with Crippen LogP contribution in [0.25, 0.3) is 0 Å². The zero-order chi connectivity index (χ0) is 17.9. The minimum absolute atomic E-state index is 0.113. The second-order valence-electron chi connectivity index (χ2n) is 6.49. The quantitative estimate of drug-likeness (QED) is 0.240. The summed E-state index contributed by atoms with van der Waals surface area (Å²) in [5, 5.41) is 18.0. The lowest BCUT2D eigenvalue weighted by Crippen LogP contribution is -2.06. The first kappa shape index (κ1) is 23.5. The first-order valence-corrected chi connectivity index (χ1v) is 10.9. The van der Waals surface area contributed by atoms with Crippen molar-refractivity contribution in [1.82, 2.24) is 0 Å². The maximum Gasteiger partial charge on any atom is 0.303 e. The van der Waals surface area contributed by atoms with E-state index >= 15 is 0 Å². The van der Waals surface area contributed by atoms with E-state index in [-0.39, 0.29) is 18.3 Å². The van der Waals surface area contributed by atoms with E-state index in [1.54, 1.807) is 11.8 Å². The van der Waals surface area contributed by atoms with Gasteiger partial charge in [0.25, 0.3) is 0 Å². The molecule has 0 aromatic heterocycles. The van der Waals surface area contributed by atoms with Crippen LogP contribution >= 0.6 is 11.8 Å². The Bertz CT molecular complexity index is 305. The van der Waals surface area contributed by atoms with Gasteiger partial charge in [0.2, 0.25) is 0 Å². The summed E-state index contributed by atoms with van der Waals surface area (Å²) in [6, 6.07) is 0. The van der Waals surface area contributed by atoms with E-state index in [9.17, 15) is 9.90 Å². The second kappa shape index (κ2) is 18.9. The minimum atomic E-state index is -0.743. The van der Waals surface area contributed by atoms with Gasteiger partial charge in [-0.15, -0.1) is 0 Å². The molecule has 0 aliphatic carbocycles. The highest BCUT2D eigenvalue weighted by Gasteiger charge is 2.04. The molecule has 0 saturated heterocycles. The van der Waals surface area contributed by atoms with Gasteiger partial charge < -0.3 is 10.2 Å². The molecule has 0 aromatic carbocycles. The van der Waals surface area contributed by atoms with Crippen LogP contribution in [0.3, 0.4) is 0 Å². The molecule has 1 unspecified atom stereocenters. The van der Waals surface area contributed by atoms with Gasteiger partial charge in [-0.3, -0.25) is 4.79 Å². The Morgan fingerprint density at radius 2 is 1.54 bits per heavy atom. The van der Waals surface area contributed by atoms with Crippen LogP contribution < -0.4 is 0 Å². The predicted octanol–water partition coefficient (Wildman–Crippen LogP) is 5.81. The number of aliphatic hydroxyl groups excluding tert-OH is 1. The molecule has 0 aromatic rings. The molecule has 0 heterocycles. The number of unbranched alkanes of at least 4 members (excludes halogenated alkanes) is 10. The number of carboxylic acid groups (broad SMARTS) is 1. The van der Waals surface area contributed by atoms with E-state index in [1.165, 1.54) is 64.2 Å². The van der Waals surface area contributed by atoms with Crippen LogP contribution in [0.2, 0.25) is 0 Å². The van der Waals surface area contributed by atoms with Gasteiger partial charge in [0.1, 0.15) is 0 Å². The summed E-state index contributed by atoms with van der Waals surface area (Å²) in [4.78, 5) is 10.4. The Balaban J connectivity index is 3.40. The first-order chi connectivity index (χ1) is 11.7. The van der Waals surface area contributed by atoms with Crippen molar-refractivity contribution in [3.8, 4) is 0 Å². The molecule has 0 saturated carbocycles. The van der Waals surface area contributed by atoms with E-state index in [4.69, 9.17) is 5.11 Å². The van der Waals surface area contributed by atoms with Crippen LogP contribution in [0.15, 0.2) is 12.2 Å². The summed E-state index contributed by atoms with van der Waals surface area (Å²) in [6.07, 6.45) is 19.8. The van der Waals surface area contributed by atoms with Gasteiger partial charge in [0.05, 0.1) is 6.61 Å². The molecule has 0 bridgehead atoms. The zero-order valence-electron chi connectivity index (χ0n) is 15.5. The lowest BCUT2D eigenvalue weighted by molar-refractivity contribution is -0.137. The molecule has 0 spiro atoms. The van der Waals surface area contributed by atoms with Gasteiger partial charge in [-0.25, -0.2) is 0 Å². The van der Waals surface area contributed by atoms with Crippen LogP contribution in [0.1, 0.15) is 90.4 Å². The van der Waals surface area contributed by atoms with Crippen molar-refractivity contribution in [2.24, 2.45) is 0 Å². The summed E-state index contributed by atoms with van der Waals surface area (Å²) in [5.41, 5.74) is 0. The maximum atomic E-state index is 10.4. The molecule has 0 amide bonds. The third kappa shape index (κ3) is 17.9. The molecule has 3 nitrogen and oxygen atoms in total. The number of carbonyl (C=O) groups is 1. The fourth-order valence-electron chi connectivity index (χ4n) is 2.62. The van der Waals surface area contributed by atoms with Gasteiger partial charge in [0, 0.05) is 11.7 Å². The number of rotatable bonds is 18. The number of aliphatic hydroxyl groups is 1. The fraction of sp³-hybridized carbons (Fsp3) is 0.850. The minimum Gasteiger partial charge on any atom is -0.481 e. The monoisotopic (exact) mass is 358 g/mol. The van der Waals surface area contributed by atoms with Gasteiger partial charge in [0.15, 0.2) is 0 Å². The van der Waals surface area contributed by atoms with E-state index in [2.05, 4.69) is 19.1 Å². The summed E-state index contributed by atoms with van der Waals surface area (Å²) < 4.78 is 0. The number of aliphatic carboxylic acids is 1. The Morgan fingerprint density at radius 3 is 2.08 bits per heavy atom. The van der Waals surface area contributed by atoms with Crippen LogP contribution in [-0.4, -0.2) is 33.8 Å². The molecule has 2 N–H and O–H groups in total. The third-order valence-electron chi connectivity index (χ3n) is 4.12. The smallest absolute Gasteiger partial charge is 0.303 e. The summed E-state index contributed by atoms with van der Waals surface area (Å²) in [7, 11) is 0. The fourth-order valence-corrected chi connectivity index (χ4v) is 3.57. The van der Waals surface area contributed by atoms with Gasteiger partial charge in [-0.1, -0.05) is 76.9 Å². The molecule has 0 aliphatic rings. The lowest BCUT2D eigenvalue weighted by atomic mass is 10.1. The number of carboxylic acids is 1. The third-order valence-corrected chi connectivity index (χ3v) is 5.38.